The minimum absolute atomic E-state index is 0.104. The lowest BCUT2D eigenvalue weighted by Gasteiger charge is -2.08. The second-order valence-corrected chi connectivity index (χ2v) is 6.49. The number of aryl methyl sites for hydroxylation is 2. The fourth-order valence-electron chi connectivity index (χ4n) is 2.69. The molecule has 0 atom stereocenters. The molecule has 0 spiro atoms. The second kappa shape index (κ2) is 7.11. The lowest BCUT2D eigenvalue weighted by atomic mass is 10.1. The fraction of sp³-hybridized carbons (Fsp3) is 0.353. The van der Waals surface area contributed by atoms with Gasteiger partial charge >= 0.3 is 0 Å². The summed E-state index contributed by atoms with van der Waals surface area (Å²) < 4.78 is 6.74. The Morgan fingerprint density at radius 1 is 1.46 bits per heavy atom. The highest BCUT2D eigenvalue weighted by Crippen LogP contribution is 2.29. The monoisotopic (exact) mass is 344 g/mol. The van der Waals surface area contributed by atoms with E-state index in [2.05, 4.69) is 10.4 Å². The molecule has 3 rings (SSSR count). The van der Waals surface area contributed by atoms with Crippen molar-refractivity contribution in [2.24, 2.45) is 7.05 Å². The molecule has 0 aliphatic carbocycles. The van der Waals surface area contributed by atoms with Gasteiger partial charge in [-0.25, -0.2) is 4.98 Å². The molecule has 0 radical (unpaired) electrons. The molecule has 1 N–H and O–H groups in total. The van der Waals surface area contributed by atoms with E-state index >= 15 is 0 Å². The Hall–Kier alpha value is -2.25. The first-order chi connectivity index (χ1) is 11.6. The van der Waals surface area contributed by atoms with Crippen LogP contribution in [0.1, 0.15) is 22.5 Å². The number of thiophene rings is 1. The van der Waals surface area contributed by atoms with Crippen molar-refractivity contribution < 1.29 is 9.53 Å². The zero-order valence-electron chi connectivity index (χ0n) is 14.0. The zero-order chi connectivity index (χ0) is 17.1. The van der Waals surface area contributed by atoms with E-state index in [4.69, 9.17) is 9.72 Å². The van der Waals surface area contributed by atoms with Crippen molar-refractivity contribution in [3.8, 4) is 10.6 Å². The smallest absolute Gasteiger partial charge is 0.252 e. The Balaban J connectivity index is 2.02. The van der Waals surface area contributed by atoms with Gasteiger partial charge in [-0.05, 0) is 30.9 Å². The van der Waals surface area contributed by atoms with Gasteiger partial charge in [0.25, 0.3) is 5.91 Å². The van der Waals surface area contributed by atoms with Crippen LogP contribution in [0, 0.1) is 6.92 Å². The number of ether oxygens (including phenoxy) is 1. The predicted molar refractivity (Wildman–Crippen MR) is 95.4 cm³/mol. The van der Waals surface area contributed by atoms with Gasteiger partial charge in [-0.2, -0.15) is 5.10 Å². The molecule has 0 aliphatic heterocycles. The summed E-state index contributed by atoms with van der Waals surface area (Å²) >= 11 is 1.60. The number of carbonyl (C=O) groups is 1. The fourth-order valence-corrected chi connectivity index (χ4v) is 3.37. The Morgan fingerprint density at radius 3 is 3.00 bits per heavy atom. The summed E-state index contributed by atoms with van der Waals surface area (Å²) in [5.74, 6) is -0.104. The average Bonchev–Trinajstić information content (AvgIpc) is 3.20. The largest absolute Gasteiger partial charge is 0.385 e. The molecule has 126 valence electrons. The number of rotatable bonds is 6. The molecule has 0 saturated heterocycles. The Kier molecular flexibility index (Phi) is 4.92. The molecule has 0 fully saturated rings. The first kappa shape index (κ1) is 16.6. The van der Waals surface area contributed by atoms with E-state index in [0.717, 1.165) is 33.7 Å². The van der Waals surface area contributed by atoms with Crippen molar-refractivity contribution in [3.05, 3.63) is 34.8 Å². The molecule has 1 amide bonds. The number of hydrogen-bond donors (Lipinski definition) is 1. The van der Waals surface area contributed by atoms with Gasteiger partial charge < -0.3 is 10.1 Å². The number of carbonyl (C=O) groups excluding carboxylic acids is 1. The molecule has 3 heterocycles. The van der Waals surface area contributed by atoms with Crippen LogP contribution in [0.5, 0.6) is 0 Å². The van der Waals surface area contributed by atoms with Gasteiger partial charge in [0.15, 0.2) is 5.65 Å². The van der Waals surface area contributed by atoms with Crippen LogP contribution in [-0.4, -0.2) is 40.9 Å². The molecule has 3 aromatic heterocycles. The van der Waals surface area contributed by atoms with Crippen molar-refractivity contribution in [2.75, 3.05) is 20.3 Å². The number of pyridine rings is 1. The van der Waals surface area contributed by atoms with Crippen molar-refractivity contribution in [1.82, 2.24) is 20.1 Å². The van der Waals surface area contributed by atoms with Crippen molar-refractivity contribution in [1.29, 1.82) is 0 Å². The maximum absolute atomic E-state index is 12.7. The quantitative estimate of drug-likeness (QED) is 0.698. The van der Waals surface area contributed by atoms with Crippen LogP contribution in [0.4, 0.5) is 0 Å². The standard InChI is InChI=1S/C17H20N4O2S/c1-11-15-12(17(22)18-7-5-8-23-3)10-13(14-6-4-9-24-14)19-16(15)21(2)20-11/h4,6,9-10H,5,7-8H2,1-3H3,(H,18,22). The predicted octanol–water partition coefficient (Wildman–Crippen LogP) is 2.77. The number of nitrogens with one attached hydrogen (secondary N) is 1. The number of aromatic nitrogens is 3. The lowest BCUT2D eigenvalue weighted by molar-refractivity contribution is 0.0950. The number of nitrogens with zero attached hydrogens (tertiary/aromatic N) is 3. The van der Waals surface area contributed by atoms with Crippen molar-refractivity contribution in [2.45, 2.75) is 13.3 Å². The van der Waals surface area contributed by atoms with E-state index < -0.39 is 0 Å². The molecule has 3 aromatic rings. The van der Waals surface area contributed by atoms with Crippen LogP contribution in [0.3, 0.4) is 0 Å². The first-order valence-corrected chi connectivity index (χ1v) is 8.65. The molecule has 0 bridgehead atoms. The molecule has 24 heavy (non-hydrogen) atoms. The highest BCUT2D eigenvalue weighted by Gasteiger charge is 2.19. The minimum Gasteiger partial charge on any atom is -0.385 e. The van der Waals surface area contributed by atoms with Gasteiger partial charge in [0, 0.05) is 27.3 Å². The Morgan fingerprint density at radius 2 is 2.29 bits per heavy atom. The third kappa shape index (κ3) is 3.18. The highest BCUT2D eigenvalue weighted by atomic mass is 32.1. The maximum atomic E-state index is 12.7. The van der Waals surface area contributed by atoms with E-state index in [9.17, 15) is 4.79 Å². The van der Waals surface area contributed by atoms with E-state index in [1.54, 1.807) is 23.1 Å². The maximum Gasteiger partial charge on any atom is 0.252 e. The molecule has 0 aliphatic rings. The average molecular weight is 344 g/mol. The van der Waals surface area contributed by atoms with Gasteiger partial charge in [0.1, 0.15) is 0 Å². The Bertz CT molecular complexity index is 855. The SMILES string of the molecule is COCCCNC(=O)c1cc(-c2cccs2)nc2c1c(C)nn2C. The van der Waals surface area contributed by atoms with Crippen LogP contribution in [0.25, 0.3) is 21.6 Å². The van der Waals surface area contributed by atoms with Gasteiger partial charge in [-0.1, -0.05) is 6.07 Å². The second-order valence-electron chi connectivity index (χ2n) is 5.54. The summed E-state index contributed by atoms with van der Waals surface area (Å²) in [6.07, 6.45) is 0.778. The summed E-state index contributed by atoms with van der Waals surface area (Å²) in [6.45, 7) is 3.10. The van der Waals surface area contributed by atoms with Crippen LogP contribution in [0.15, 0.2) is 23.6 Å². The topological polar surface area (TPSA) is 69.0 Å². The van der Waals surface area contributed by atoms with E-state index in [-0.39, 0.29) is 5.91 Å². The van der Waals surface area contributed by atoms with Crippen molar-refractivity contribution in [3.63, 3.8) is 0 Å². The van der Waals surface area contributed by atoms with Crippen LogP contribution in [-0.2, 0) is 11.8 Å². The third-order valence-corrected chi connectivity index (χ3v) is 4.69. The Labute approximate surface area is 144 Å². The molecular formula is C17H20N4O2S. The van der Waals surface area contributed by atoms with Gasteiger partial charge in [0.05, 0.1) is 27.2 Å². The summed E-state index contributed by atoms with van der Waals surface area (Å²) in [7, 11) is 3.50. The zero-order valence-corrected chi connectivity index (χ0v) is 14.8. The highest BCUT2D eigenvalue weighted by molar-refractivity contribution is 7.13. The molecule has 0 aromatic carbocycles. The normalized spacial score (nSPS) is 11.1. The summed E-state index contributed by atoms with van der Waals surface area (Å²) in [6, 6.07) is 5.84. The summed E-state index contributed by atoms with van der Waals surface area (Å²) in [5.41, 5.74) is 2.94. The van der Waals surface area contributed by atoms with Gasteiger partial charge in [-0.3, -0.25) is 9.48 Å². The molecular weight excluding hydrogens is 324 g/mol. The van der Waals surface area contributed by atoms with Gasteiger partial charge in [-0.15, -0.1) is 11.3 Å². The van der Waals surface area contributed by atoms with E-state index in [1.807, 2.05) is 37.6 Å². The first-order valence-electron chi connectivity index (χ1n) is 7.77. The summed E-state index contributed by atoms with van der Waals surface area (Å²) in [4.78, 5) is 18.4. The number of fused-ring (bicyclic) bond motifs is 1. The van der Waals surface area contributed by atoms with Crippen molar-refractivity contribution >= 4 is 28.3 Å². The number of amides is 1. The molecule has 6 nitrogen and oxygen atoms in total. The minimum atomic E-state index is -0.104. The van der Waals surface area contributed by atoms with Crippen LogP contribution < -0.4 is 5.32 Å². The molecule has 0 saturated carbocycles. The third-order valence-electron chi connectivity index (χ3n) is 3.80. The summed E-state index contributed by atoms with van der Waals surface area (Å²) in [5, 5.41) is 10.2. The molecule has 0 unspecified atom stereocenters. The number of hydrogen-bond acceptors (Lipinski definition) is 5. The van der Waals surface area contributed by atoms with Crippen LogP contribution in [0.2, 0.25) is 0 Å². The number of methoxy groups -OCH3 is 1. The van der Waals surface area contributed by atoms with Gasteiger partial charge in [0.2, 0.25) is 0 Å². The van der Waals surface area contributed by atoms with E-state index in [0.29, 0.717) is 18.7 Å². The van der Waals surface area contributed by atoms with E-state index in [1.165, 1.54) is 0 Å². The van der Waals surface area contributed by atoms with Crippen LogP contribution >= 0.6 is 11.3 Å². The molecule has 7 heteroatoms. The lowest BCUT2D eigenvalue weighted by Crippen LogP contribution is -2.25.